The van der Waals surface area contributed by atoms with Gasteiger partial charge in [0.15, 0.2) is 0 Å². The van der Waals surface area contributed by atoms with Crippen molar-refractivity contribution < 1.29 is 14.6 Å². The molecule has 1 rings (SSSR count). The smallest absolute Gasteiger partial charge is 0.123 e. The van der Waals surface area contributed by atoms with Crippen molar-refractivity contribution in [2.45, 2.75) is 6.10 Å². The number of methoxy groups -OCH3 is 1. The summed E-state index contributed by atoms with van der Waals surface area (Å²) in [6.07, 6.45) is -0.610. The minimum Gasteiger partial charge on any atom is -0.497 e. The first-order chi connectivity index (χ1) is 7.61. The van der Waals surface area contributed by atoms with E-state index in [1.165, 1.54) is 5.01 Å². The van der Waals surface area contributed by atoms with E-state index in [9.17, 15) is 5.11 Å². The van der Waals surface area contributed by atoms with Gasteiger partial charge in [0.05, 0.1) is 7.11 Å². The van der Waals surface area contributed by atoms with Crippen molar-refractivity contribution in [1.82, 2.24) is 5.01 Å². The topological polar surface area (TPSA) is 68.0 Å². The van der Waals surface area contributed by atoms with Crippen LogP contribution in [0.1, 0.15) is 0 Å². The Morgan fingerprint density at radius 3 is 2.75 bits per heavy atom. The van der Waals surface area contributed by atoms with Crippen molar-refractivity contribution in [2.75, 3.05) is 27.3 Å². The standard InChI is InChI=1S/C11H18N2O3/c1-13(12)7-9(14)8-16-11-5-3-4-10(6-11)15-2/h3-6,9,14H,7-8,12H2,1-2H3/t9-/m0/s1. The molecule has 1 atom stereocenters. The number of likely N-dealkylation sites (N-methyl/N-ethyl adjacent to an activating group) is 1. The van der Waals surface area contributed by atoms with E-state index >= 15 is 0 Å². The van der Waals surface area contributed by atoms with Gasteiger partial charge in [-0.15, -0.1) is 0 Å². The lowest BCUT2D eigenvalue weighted by molar-refractivity contribution is 0.0764. The Hall–Kier alpha value is -1.30. The third kappa shape index (κ3) is 4.48. The second kappa shape index (κ2) is 6.32. The molecular weight excluding hydrogens is 208 g/mol. The quantitative estimate of drug-likeness (QED) is 0.537. The van der Waals surface area contributed by atoms with Crippen molar-refractivity contribution in [1.29, 1.82) is 0 Å². The minimum absolute atomic E-state index is 0.203. The van der Waals surface area contributed by atoms with Gasteiger partial charge in [0.1, 0.15) is 24.2 Å². The molecule has 16 heavy (non-hydrogen) atoms. The zero-order valence-electron chi connectivity index (χ0n) is 9.59. The molecule has 1 aromatic rings. The molecule has 0 unspecified atom stereocenters. The van der Waals surface area contributed by atoms with Gasteiger partial charge >= 0.3 is 0 Å². The highest BCUT2D eigenvalue weighted by molar-refractivity contribution is 5.32. The molecule has 0 saturated carbocycles. The number of hydrazine groups is 1. The first kappa shape index (κ1) is 12.8. The van der Waals surface area contributed by atoms with Crippen molar-refractivity contribution in [3.8, 4) is 11.5 Å². The summed E-state index contributed by atoms with van der Waals surface area (Å²) in [6.45, 7) is 0.568. The lowest BCUT2D eigenvalue weighted by Crippen LogP contribution is -2.37. The largest absolute Gasteiger partial charge is 0.497 e. The summed E-state index contributed by atoms with van der Waals surface area (Å²) in [4.78, 5) is 0. The van der Waals surface area contributed by atoms with Crippen LogP contribution in [-0.2, 0) is 0 Å². The van der Waals surface area contributed by atoms with E-state index in [4.69, 9.17) is 15.3 Å². The molecule has 0 aromatic heterocycles. The number of aliphatic hydroxyl groups excluding tert-OH is 1. The first-order valence-corrected chi connectivity index (χ1v) is 5.02. The first-order valence-electron chi connectivity index (χ1n) is 5.02. The highest BCUT2D eigenvalue weighted by Crippen LogP contribution is 2.18. The Balaban J connectivity index is 2.41. The van der Waals surface area contributed by atoms with Gasteiger partial charge < -0.3 is 14.6 Å². The summed E-state index contributed by atoms with van der Waals surface area (Å²) >= 11 is 0. The predicted octanol–water partition coefficient (Wildman–Crippen LogP) is 0.240. The van der Waals surface area contributed by atoms with E-state index in [1.54, 1.807) is 26.3 Å². The van der Waals surface area contributed by atoms with E-state index in [2.05, 4.69) is 0 Å². The summed E-state index contributed by atoms with van der Waals surface area (Å²) in [6, 6.07) is 7.23. The second-order valence-corrected chi connectivity index (χ2v) is 3.58. The fourth-order valence-electron chi connectivity index (χ4n) is 1.27. The SMILES string of the molecule is COc1cccc(OC[C@@H](O)CN(C)N)c1. The van der Waals surface area contributed by atoms with Gasteiger partial charge in [0.2, 0.25) is 0 Å². The van der Waals surface area contributed by atoms with Crippen LogP contribution in [0.25, 0.3) is 0 Å². The monoisotopic (exact) mass is 226 g/mol. The van der Waals surface area contributed by atoms with Crippen LogP contribution in [-0.4, -0.2) is 43.5 Å². The highest BCUT2D eigenvalue weighted by atomic mass is 16.5. The van der Waals surface area contributed by atoms with Crippen molar-refractivity contribution in [2.24, 2.45) is 5.84 Å². The van der Waals surface area contributed by atoms with Gasteiger partial charge in [0, 0.05) is 19.7 Å². The number of nitrogens with two attached hydrogens (primary N) is 1. The van der Waals surface area contributed by atoms with Crippen LogP contribution in [0.15, 0.2) is 24.3 Å². The Morgan fingerprint density at radius 1 is 1.44 bits per heavy atom. The Labute approximate surface area is 95.3 Å². The number of rotatable bonds is 6. The summed E-state index contributed by atoms with van der Waals surface area (Å²) < 4.78 is 10.5. The third-order valence-corrected chi connectivity index (χ3v) is 1.98. The molecule has 0 heterocycles. The van der Waals surface area contributed by atoms with Gasteiger partial charge in [0.25, 0.3) is 0 Å². The van der Waals surface area contributed by atoms with E-state index in [0.29, 0.717) is 12.3 Å². The molecule has 3 N–H and O–H groups in total. The van der Waals surface area contributed by atoms with Crippen LogP contribution in [0.4, 0.5) is 0 Å². The van der Waals surface area contributed by atoms with Crippen LogP contribution in [0.2, 0.25) is 0 Å². The maximum Gasteiger partial charge on any atom is 0.123 e. The molecule has 0 saturated heterocycles. The van der Waals surface area contributed by atoms with Gasteiger partial charge in [-0.3, -0.25) is 5.84 Å². The number of nitrogens with zero attached hydrogens (tertiary/aromatic N) is 1. The molecule has 0 amide bonds. The number of ether oxygens (including phenoxy) is 2. The Bertz CT molecular complexity index is 318. The molecule has 0 aliphatic heterocycles. The predicted molar refractivity (Wildman–Crippen MR) is 61.3 cm³/mol. The molecule has 0 aliphatic carbocycles. The lowest BCUT2D eigenvalue weighted by atomic mass is 10.3. The van der Waals surface area contributed by atoms with E-state index in [-0.39, 0.29) is 6.61 Å². The fourth-order valence-corrected chi connectivity index (χ4v) is 1.27. The third-order valence-electron chi connectivity index (χ3n) is 1.98. The van der Waals surface area contributed by atoms with Gasteiger partial charge in [-0.25, -0.2) is 5.01 Å². The van der Waals surface area contributed by atoms with E-state index in [1.807, 2.05) is 12.1 Å². The Kier molecular flexibility index (Phi) is 5.04. The molecule has 5 nitrogen and oxygen atoms in total. The van der Waals surface area contributed by atoms with Crippen LogP contribution < -0.4 is 15.3 Å². The summed E-state index contributed by atoms with van der Waals surface area (Å²) in [5, 5.41) is 10.9. The van der Waals surface area contributed by atoms with Crippen molar-refractivity contribution in [3.63, 3.8) is 0 Å². The molecule has 0 spiro atoms. The molecule has 5 heteroatoms. The average molecular weight is 226 g/mol. The number of hydrogen-bond donors (Lipinski definition) is 2. The number of hydrogen-bond acceptors (Lipinski definition) is 5. The van der Waals surface area contributed by atoms with E-state index in [0.717, 1.165) is 5.75 Å². The van der Waals surface area contributed by atoms with Crippen molar-refractivity contribution >= 4 is 0 Å². The van der Waals surface area contributed by atoms with Crippen LogP contribution in [0, 0.1) is 0 Å². The van der Waals surface area contributed by atoms with Gasteiger partial charge in [-0.2, -0.15) is 0 Å². The van der Waals surface area contributed by atoms with Crippen LogP contribution in [0.5, 0.6) is 11.5 Å². The van der Waals surface area contributed by atoms with Crippen LogP contribution >= 0.6 is 0 Å². The zero-order valence-corrected chi connectivity index (χ0v) is 9.59. The minimum atomic E-state index is -0.610. The molecule has 0 bridgehead atoms. The lowest BCUT2D eigenvalue weighted by Gasteiger charge is -2.16. The second-order valence-electron chi connectivity index (χ2n) is 3.58. The fraction of sp³-hybridized carbons (Fsp3) is 0.455. The molecule has 0 aliphatic rings. The van der Waals surface area contributed by atoms with Gasteiger partial charge in [-0.05, 0) is 12.1 Å². The molecule has 90 valence electrons. The summed E-state index contributed by atoms with van der Waals surface area (Å²) in [5.41, 5.74) is 0. The Morgan fingerprint density at radius 2 is 2.12 bits per heavy atom. The highest BCUT2D eigenvalue weighted by Gasteiger charge is 2.07. The van der Waals surface area contributed by atoms with E-state index < -0.39 is 6.10 Å². The molecule has 1 aromatic carbocycles. The molecule has 0 radical (unpaired) electrons. The van der Waals surface area contributed by atoms with Crippen molar-refractivity contribution in [3.05, 3.63) is 24.3 Å². The maximum atomic E-state index is 9.53. The maximum absolute atomic E-state index is 9.53. The van der Waals surface area contributed by atoms with Crippen LogP contribution in [0.3, 0.4) is 0 Å². The molecular formula is C11H18N2O3. The summed E-state index contributed by atoms with van der Waals surface area (Å²) in [7, 11) is 3.28. The number of benzene rings is 1. The molecule has 0 fully saturated rings. The summed E-state index contributed by atoms with van der Waals surface area (Å²) in [5.74, 6) is 6.80. The zero-order chi connectivity index (χ0) is 12.0. The number of aliphatic hydroxyl groups is 1. The van der Waals surface area contributed by atoms with Gasteiger partial charge in [-0.1, -0.05) is 6.07 Å². The average Bonchev–Trinajstić information content (AvgIpc) is 2.26. The normalized spacial score (nSPS) is 12.6.